The van der Waals surface area contributed by atoms with E-state index in [2.05, 4.69) is 17.2 Å². The van der Waals surface area contributed by atoms with E-state index in [1.165, 1.54) is 12.1 Å². The molecule has 238 valence electrons. The summed E-state index contributed by atoms with van der Waals surface area (Å²) in [6.45, 7) is 3.27. The molecule has 14 heteroatoms. The number of hydrogen-bond donors (Lipinski definition) is 3. The van der Waals surface area contributed by atoms with Crippen LogP contribution in [-0.4, -0.2) is 73.5 Å². The lowest BCUT2D eigenvalue weighted by Crippen LogP contribution is -2.60. The summed E-state index contributed by atoms with van der Waals surface area (Å²) in [6, 6.07) is 6.95. The van der Waals surface area contributed by atoms with Gasteiger partial charge < -0.3 is 24.9 Å². The maximum atomic E-state index is 14.3. The number of likely N-dealkylation sites (tertiary alicyclic amines) is 1. The number of thiophene rings is 1. The maximum Gasteiger partial charge on any atom is 0.399 e. The molecular weight excluding hydrogens is 625 g/mol. The number of halogens is 2. The number of amides is 3. The summed E-state index contributed by atoms with van der Waals surface area (Å²) in [7, 11) is -5.75. The highest BCUT2D eigenvalue weighted by Crippen LogP contribution is 2.60. The topological polar surface area (TPSA) is 140 Å². The summed E-state index contributed by atoms with van der Waals surface area (Å²) in [5, 5.41) is 3.13. The smallest absolute Gasteiger partial charge is 0.340 e. The first-order valence-corrected chi connectivity index (χ1v) is 17.5. The Hall–Kier alpha value is -3.25. The minimum atomic E-state index is -5.75. The molecule has 4 aliphatic rings. The molecule has 0 spiro atoms. The molecule has 3 saturated heterocycles. The van der Waals surface area contributed by atoms with E-state index in [0.717, 1.165) is 48.3 Å². The lowest BCUT2D eigenvalue weighted by Gasteiger charge is -2.43. The van der Waals surface area contributed by atoms with E-state index in [0.29, 0.717) is 36.5 Å². The normalized spacial score (nSPS) is 28.6. The van der Waals surface area contributed by atoms with Crippen LogP contribution in [0.4, 0.5) is 8.78 Å². The number of carbonyl (C=O) groups excluding carboxylic acids is 3. The Bertz CT molecular complexity index is 1740. The molecule has 1 aromatic carbocycles. The molecule has 2 aromatic heterocycles. The van der Waals surface area contributed by atoms with Gasteiger partial charge in [0.15, 0.2) is 0 Å². The van der Waals surface area contributed by atoms with Gasteiger partial charge in [0.05, 0.1) is 4.88 Å². The standard InChI is InChI=1S/C31H33F2N4O6PS/c1-30-12-21(30)11-22-5-6-24(29(40)36-15-19(16-36)17-3-2-8-34-14-17)37(22)28(39)23(13-30)35-27(38)26-10-18-9-20(4-7-25(18)45-26)31(32,33)44(41,42)43/h2-4,7-10,14,19,21-24H,5-6,11-13,15-16H2,1H3,(H,35,38)(H2,41,42,43)/t21-,22+,23-,24-,30-/m0/s1. The van der Waals surface area contributed by atoms with Crippen LogP contribution in [-0.2, 0) is 19.8 Å². The van der Waals surface area contributed by atoms with Crippen LogP contribution in [0.2, 0.25) is 0 Å². The highest BCUT2D eigenvalue weighted by Gasteiger charge is 2.58. The van der Waals surface area contributed by atoms with Gasteiger partial charge in [-0.1, -0.05) is 19.1 Å². The van der Waals surface area contributed by atoms with Gasteiger partial charge in [0, 0.05) is 47.7 Å². The van der Waals surface area contributed by atoms with Crippen LogP contribution in [0.5, 0.6) is 0 Å². The second-order valence-corrected chi connectivity index (χ2v) is 15.9. The highest BCUT2D eigenvalue weighted by atomic mass is 32.1. The number of pyridine rings is 1. The number of nitrogens with one attached hydrogen (secondary N) is 1. The van der Waals surface area contributed by atoms with Crippen molar-refractivity contribution in [2.24, 2.45) is 11.3 Å². The lowest BCUT2D eigenvalue weighted by molar-refractivity contribution is -0.150. The molecule has 0 bridgehead atoms. The van der Waals surface area contributed by atoms with E-state index in [1.807, 2.05) is 18.3 Å². The largest absolute Gasteiger partial charge is 0.399 e. The summed E-state index contributed by atoms with van der Waals surface area (Å²) < 4.78 is 40.5. The molecule has 1 aliphatic carbocycles. The molecule has 7 rings (SSSR count). The van der Waals surface area contributed by atoms with Crippen LogP contribution in [0.25, 0.3) is 10.1 Å². The Balaban J connectivity index is 1.10. The average molecular weight is 659 g/mol. The van der Waals surface area contributed by atoms with Crippen molar-refractivity contribution in [1.82, 2.24) is 20.1 Å². The fraction of sp³-hybridized carbons (Fsp3) is 0.484. The van der Waals surface area contributed by atoms with Gasteiger partial charge in [0.2, 0.25) is 11.8 Å². The van der Waals surface area contributed by atoms with Crippen molar-refractivity contribution in [3.63, 3.8) is 0 Å². The fourth-order valence-electron chi connectivity index (χ4n) is 7.42. The molecule has 1 saturated carbocycles. The maximum absolute atomic E-state index is 14.3. The molecule has 3 aliphatic heterocycles. The number of alkyl halides is 2. The Kier molecular flexibility index (Phi) is 7.20. The van der Waals surface area contributed by atoms with Crippen LogP contribution >= 0.6 is 18.9 Å². The van der Waals surface area contributed by atoms with E-state index >= 15 is 0 Å². The Labute approximate surface area is 262 Å². The van der Waals surface area contributed by atoms with E-state index in [-0.39, 0.29) is 39.5 Å². The third-order valence-corrected chi connectivity index (χ3v) is 12.3. The summed E-state index contributed by atoms with van der Waals surface area (Å²) in [6.07, 6.45) is 7.04. The molecule has 45 heavy (non-hydrogen) atoms. The van der Waals surface area contributed by atoms with Gasteiger partial charge >= 0.3 is 13.3 Å². The van der Waals surface area contributed by atoms with Gasteiger partial charge in [-0.05, 0) is 78.7 Å². The first-order valence-electron chi connectivity index (χ1n) is 15.0. The van der Waals surface area contributed by atoms with Crippen molar-refractivity contribution in [3.05, 3.63) is 64.8 Å². The zero-order chi connectivity index (χ0) is 31.9. The number of fused-ring (bicyclic) bond motifs is 3. The Morgan fingerprint density at radius 2 is 1.93 bits per heavy atom. The Morgan fingerprint density at radius 3 is 2.64 bits per heavy atom. The summed E-state index contributed by atoms with van der Waals surface area (Å²) in [5.74, 6) is -0.279. The zero-order valence-corrected chi connectivity index (χ0v) is 26.1. The van der Waals surface area contributed by atoms with Gasteiger partial charge in [0.25, 0.3) is 5.91 Å². The van der Waals surface area contributed by atoms with Crippen molar-refractivity contribution < 1.29 is 37.5 Å². The third kappa shape index (κ3) is 5.27. The number of rotatable bonds is 6. The second kappa shape index (κ2) is 10.7. The number of aromatic nitrogens is 1. The van der Waals surface area contributed by atoms with E-state index in [1.54, 1.807) is 16.0 Å². The summed E-state index contributed by atoms with van der Waals surface area (Å²) in [4.78, 5) is 67.5. The van der Waals surface area contributed by atoms with Crippen molar-refractivity contribution >= 4 is 46.7 Å². The first kappa shape index (κ1) is 30.4. The highest BCUT2D eigenvalue weighted by molar-refractivity contribution is 7.52. The van der Waals surface area contributed by atoms with Crippen molar-refractivity contribution in [3.8, 4) is 0 Å². The van der Waals surface area contributed by atoms with Crippen molar-refractivity contribution in [2.45, 2.75) is 68.7 Å². The Morgan fingerprint density at radius 1 is 1.16 bits per heavy atom. The van der Waals surface area contributed by atoms with Crippen LogP contribution in [0.15, 0.2) is 48.8 Å². The number of benzene rings is 1. The average Bonchev–Trinajstić information content (AvgIpc) is 3.28. The van der Waals surface area contributed by atoms with Gasteiger partial charge in [0.1, 0.15) is 12.1 Å². The van der Waals surface area contributed by atoms with Crippen LogP contribution in [0.1, 0.15) is 65.7 Å². The molecule has 0 unspecified atom stereocenters. The molecule has 5 heterocycles. The predicted octanol–water partition coefficient (Wildman–Crippen LogP) is 4.43. The van der Waals surface area contributed by atoms with Crippen LogP contribution in [0, 0.1) is 11.3 Å². The molecule has 3 aromatic rings. The lowest BCUT2D eigenvalue weighted by atomic mass is 9.90. The minimum Gasteiger partial charge on any atom is -0.340 e. The predicted molar refractivity (Wildman–Crippen MR) is 162 cm³/mol. The van der Waals surface area contributed by atoms with E-state index in [4.69, 9.17) is 9.79 Å². The number of hydrogen-bond acceptors (Lipinski definition) is 6. The summed E-state index contributed by atoms with van der Waals surface area (Å²) in [5.41, 5.74) is -4.24. The second-order valence-electron chi connectivity index (χ2n) is 13.2. The number of carbonyl (C=O) groups is 3. The molecule has 3 N–H and O–H groups in total. The van der Waals surface area contributed by atoms with Crippen LogP contribution in [0.3, 0.4) is 0 Å². The molecule has 4 fully saturated rings. The molecule has 3 amide bonds. The van der Waals surface area contributed by atoms with Crippen molar-refractivity contribution in [1.29, 1.82) is 0 Å². The van der Waals surface area contributed by atoms with E-state index < -0.39 is 36.8 Å². The van der Waals surface area contributed by atoms with Gasteiger partial charge in [-0.25, -0.2) is 0 Å². The van der Waals surface area contributed by atoms with E-state index in [9.17, 15) is 27.7 Å². The van der Waals surface area contributed by atoms with Gasteiger partial charge in [-0.3, -0.25) is 23.9 Å². The SMILES string of the molecule is C[C@@]12C[C@@H]1C[C@H]1CC[C@@H](C(=O)N3CC(c4cccnc4)C3)N1C(=O)[C@@H](NC(=O)c1cc3cc(C(F)(F)P(=O)(O)O)ccc3s1)C2. The zero-order valence-electron chi connectivity index (χ0n) is 24.4. The quantitative estimate of drug-likeness (QED) is 0.333. The minimum absolute atomic E-state index is 0.0670. The molecule has 0 radical (unpaired) electrons. The van der Waals surface area contributed by atoms with Gasteiger partial charge in [-0.15, -0.1) is 11.3 Å². The van der Waals surface area contributed by atoms with Crippen LogP contribution < -0.4 is 5.32 Å². The first-order chi connectivity index (χ1) is 21.2. The van der Waals surface area contributed by atoms with Crippen molar-refractivity contribution in [2.75, 3.05) is 13.1 Å². The monoisotopic (exact) mass is 658 g/mol. The molecule has 5 atom stereocenters. The third-order valence-electron chi connectivity index (χ3n) is 10.2. The fourth-order valence-corrected chi connectivity index (χ4v) is 8.85. The molecular formula is C31H33F2N4O6PS. The summed E-state index contributed by atoms with van der Waals surface area (Å²) >= 11 is 1.04. The number of nitrogens with zero attached hydrogens (tertiary/aromatic N) is 3. The molecule has 10 nitrogen and oxygen atoms in total. The van der Waals surface area contributed by atoms with Gasteiger partial charge in [-0.2, -0.15) is 8.78 Å².